The first-order valence-corrected chi connectivity index (χ1v) is 9.80. The van der Waals surface area contributed by atoms with E-state index in [0.29, 0.717) is 12.0 Å². The van der Waals surface area contributed by atoms with E-state index in [-0.39, 0.29) is 0 Å². The van der Waals surface area contributed by atoms with E-state index in [4.69, 9.17) is 5.10 Å². The Morgan fingerprint density at radius 3 is 2.57 bits per heavy atom. The summed E-state index contributed by atoms with van der Waals surface area (Å²) in [7, 11) is 6.00. The zero-order valence-corrected chi connectivity index (χ0v) is 16.5. The lowest BCUT2D eigenvalue weighted by Crippen LogP contribution is -2.59. The zero-order chi connectivity index (χ0) is 19.3. The van der Waals surface area contributed by atoms with Crippen LogP contribution in [0.1, 0.15) is 31.0 Å². The number of fused-ring (bicyclic) bond motifs is 1. The summed E-state index contributed by atoms with van der Waals surface area (Å²) < 4.78 is 1.93. The van der Waals surface area contributed by atoms with Crippen LogP contribution < -0.4 is 14.7 Å². The highest BCUT2D eigenvalue weighted by Gasteiger charge is 2.33. The summed E-state index contributed by atoms with van der Waals surface area (Å²) in [5, 5.41) is 13.5. The lowest BCUT2D eigenvalue weighted by Gasteiger charge is -2.45. The molecular formula is C19H25N9. The second kappa shape index (κ2) is 6.57. The molecule has 28 heavy (non-hydrogen) atoms. The van der Waals surface area contributed by atoms with Crippen molar-refractivity contribution in [1.82, 2.24) is 29.8 Å². The van der Waals surface area contributed by atoms with Crippen LogP contribution >= 0.6 is 0 Å². The fraction of sp³-hybridized carbons (Fsp3) is 0.526. The van der Waals surface area contributed by atoms with Gasteiger partial charge >= 0.3 is 0 Å². The molecule has 1 saturated heterocycles. The highest BCUT2D eigenvalue weighted by molar-refractivity contribution is 5.51. The van der Waals surface area contributed by atoms with E-state index >= 15 is 0 Å². The van der Waals surface area contributed by atoms with Crippen molar-refractivity contribution in [3.8, 4) is 0 Å². The van der Waals surface area contributed by atoms with Gasteiger partial charge in [-0.15, -0.1) is 15.3 Å². The van der Waals surface area contributed by atoms with Crippen molar-refractivity contribution in [3.63, 3.8) is 0 Å². The summed E-state index contributed by atoms with van der Waals surface area (Å²) in [6.07, 6.45) is 5.47. The van der Waals surface area contributed by atoms with E-state index < -0.39 is 0 Å². The highest BCUT2D eigenvalue weighted by Crippen LogP contribution is 2.35. The number of aromatic nitrogens is 6. The van der Waals surface area contributed by atoms with E-state index in [2.05, 4.69) is 37.0 Å². The van der Waals surface area contributed by atoms with Gasteiger partial charge in [-0.3, -0.25) is 0 Å². The quantitative estimate of drug-likeness (QED) is 0.661. The minimum Gasteiger partial charge on any atom is -0.353 e. The lowest BCUT2D eigenvalue weighted by molar-refractivity contribution is 0.394. The Morgan fingerprint density at radius 2 is 1.86 bits per heavy atom. The molecule has 0 atom stereocenters. The van der Waals surface area contributed by atoms with Gasteiger partial charge in [0.2, 0.25) is 5.95 Å². The van der Waals surface area contributed by atoms with Gasteiger partial charge in [0, 0.05) is 46.3 Å². The Bertz CT molecular complexity index is 988. The van der Waals surface area contributed by atoms with Gasteiger partial charge in [-0.05, 0) is 31.0 Å². The Morgan fingerprint density at radius 1 is 1.04 bits per heavy atom. The molecule has 3 aromatic heterocycles. The number of nitrogens with zero attached hydrogens (tertiary/aromatic N) is 9. The molecule has 9 nitrogen and oxygen atoms in total. The summed E-state index contributed by atoms with van der Waals surface area (Å²) in [5.74, 6) is 4.17. The molecule has 0 aromatic carbocycles. The molecule has 0 N–H and O–H groups in total. The Labute approximate surface area is 164 Å². The monoisotopic (exact) mass is 379 g/mol. The molecule has 0 spiro atoms. The summed E-state index contributed by atoms with van der Waals surface area (Å²) in [6.45, 7) is 1.83. The standard InChI is InChI=1S/C19H25N9/c1-25(2)19-20-10-9-15(21-19)26(3)14-11-27(12-14)17-8-7-16-22-23-18(28(16)24-17)13-5-4-6-13/h7-10,13-14H,4-6,11-12H2,1-3H3. The smallest absolute Gasteiger partial charge is 0.226 e. The zero-order valence-electron chi connectivity index (χ0n) is 16.5. The molecule has 0 unspecified atom stereocenters. The molecule has 9 heteroatoms. The van der Waals surface area contributed by atoms with Crippen molar-refractivity contribution in [2.45, 2.75) is 31.2 Å². The van der Waals surface area contributed by atoms with Gasteiger partial charge in [-0.1, -0.05) is 6.42 Å². The molecule has 4 heterocycles. The van der Waals surface area contributed by atoms with Crippen LogP contribution in [0.2, 0.25) is 0 Å². The molecule has 1 aliphatic heterocycles. The fourth-order valence-corrected chi connectivity index (χ4v) is 3.71. The van der Waals surface area contributed by atoms with Crippen LogP contribution in [-0.2, 0) is 0 Å². The summed E-state index contributed by atoms with van der Waals surface area (Å²) in [4.78, 5) is 15.4. The normalized spacial score (nSPS) is 17.5. The van der Waals surface area contributed by atoms with Crippen LogP contribution in [-0.4, -0.2) is 70.1 Å². The van der Waals surface area contributed by atoms with Gasteiger partial charge in [0.25, 0.3) is 0 Å². The number of anilines is 3. The molecule has 0 amide bonds. The van der Waals surface area contributed by atoms with E-state index in [0.717, 1.165) is 42.1 Å². The molecule has 0 radical (unpaired) electrons. The summed E-state index contributed by atoms with van der Waals surface area (Å²) in [6, 6.07) is 6.42. The molecule has 1 aliphatic carbocycles. The Balaban J connectivity index is 1.30. The topological polar surface area (TPSA) is 78.6 Å². The molecule has 0 bridgehead atoms. The second-order valence-corrected chi connectivity index (χ2v) is 7.93. The predicted molar refractivity (Wildman–Crippen MR) is 108 cm³/mol. The van der Waals surface area contributed by atoms with E-state index in [1.165, 1.54) is 19.3 Å². The Kier molecular flexibility index (Phi) is 4.03. The molecule has 2 aliphatic rings. The van der Waals surface area contributed by atoms with Gasteiger partial charge in [-0.25, -0.2) is 4.98 Å². The number of hydrogen-bond acceptors (Lipinski definition) is 8. The molecule has 2 fully saturated rings. The minimum atomic E-state index is 0.398. The van der Waals surface area contributed by atoms with Gasteiger partial charge in [0.15, 0.2) is 11.5 Å². The van der Waals surface area contributed by atoms with Crippen molar-refractivity contribution in [2.75, 3.05) is 48.9 Å². The third-order valence-electron chi connectivity index (χ3n) is 5.87. The van der Waals surface area contributed by atoms with Gasteiger partial charge < -0.3 is 14.7 Å². The maximum atomic E-state index is 4.83. The third kappa shape index (κ3) is 2.81. The fourth-order valence-electron chi connectivity index (χ4n) is 3.71. The Hall–Kier alpha value is -2.97. The largest absolute Gasteiger partial charge is 0.353 e. The van der Waals surface area contributed by atoms with Crippen LogP contribution in [0.25, 0.3) is 5.65 Å². The van der Waals surface area contributed by atoms with Crippen LogP contribution in [0.4, 0.5) is 17.6 Å². The second-order valence-electron chi connectivity index (χ2n) is 7.93. The van der Waals surface area contributed by atoms with Gasteiger partial charge in [-0.2, -0.15) is 9.50 Å². The van der Waals surface area contributed by atoms with Crippen LogP contribution in [0.15, 0.2) is 24.4 Å². The van der Waals surface area contributed by atoms with Crippen molar-refractivity contribution in [3.05, 3.63) is 30.2 Å². The van der Waals surface area contributed by atoms with E-state index in [1.54, 1.807) is 0 Å². The minimum absolute atomic E-state index is 0.398. The summed E-state index contributed by atoms with van der Waals surface area (Å²) in [5.41, 5.74) is 0.831. The van der Waals surface area contributed by atoms with Crippen LogP contribution in [0, 0.1) is 0 Å². The van der Waals surface area contributed by atoms with E-state index in [9.17, 15) is 0 Å². The molecule has 146 valence electrons. The average molecular weight is 379 g/mol. The number of likely N-dealkylation sites (N-methyl/N-ethyl adjacent to an activating group) is 1. The number of hydrogen-bond donors (Lipinski definition) is 0. The first-order chi connectivity index (χ1) is 13.6. The van der Waals surface area contributed by atoms with Gasteiger partial charge in [0.1, 0.15) is 11.6 Å². The number of rotatable bonds is 5. The first kappa shape index (κ1) is 17.2. The maximum absolute atomic E-state index is 4.83. The van der Waals surface area contributed by atoms with Crippen molar-refractivity contribution in [1.29, 1.82) is 0 Å². The molecule has 1 saturated carbocycles. The van der Waals surface area contributed by atoms with Crippen molar-refractivity contribution in [2.24, 2.45) is 0 Å². The van der Waals surface area contributed by atoms with Crippen LogP contribution in [0.3, 0.4) is 0 Å². The van der Waals surface area contributed by atoms with Crippen molar-refractivity contribution < 1.29 is 0 Å². The van der Waals surface area contributed by atoms with Crippen molar-refractivity contribution >= 4 is 23.2 Å². The van der Waals surface area contributed by atoms with E-state index in [1.807, 2.05) is 47.9 Å². The SMILES string of the molecule is CN(C)c1nccc(N(C)C2CN(c3ccc4nnc(C5CCC5)n4n3)C2)n1. The lowest BCUT2D eigenvalue weighted by atomic mass is 9.85. The molecule has 5 rings (SSSR count). The average Bonchev–Trinajstić information content (AvgIpc) is 3.02. The highest BCUT2D eigenvalue weighted by atomic mass is 15.4. The molecular weight excluding hydrogens is 354 g/mol. The first-order valence-electron chi connectivity index (χ1n) is 9.80. The molecule has 3 aromatic rings. The predicted octanol–water partition coefficient (Wildman–Crippen LogP) is 1.57. The third-order valence-corrected chi connectivity index (χ3v) is 5.87. The van der Waals surface area contributed by atoms with Crippen LogP contribution in [0.5, 0.6) is 0 Å². The maximum Gasteiger partial charge on any atom is 0.226 e. The van der Waals surface area contributed by atoms with Gasteiger partial charge in [0.05, 0.1) is 6.04 Å². The summed E-state index contributed by atoms with van der Waals surface area (Å²) >= 11 is 0.